The third kappa shape index (κ3) is 5.16. The van der Waals surface area contributed by atoms with Gasteiger partial charge < -0.3 is 14.8 Å². The molecule has 0 heterocycles. The van der Waals surface area contributed by atoms with Gasteiger partial charge >= 0.3 is 0 Å². The van der Waals surface area contributed by atoms with Crippen molar-refractivity contribution in [3.8, 4) is 11.5 Å². The Balaban J connectivity index is 1.80. The van der Waals surface area contributed by atoms with Crippen LogP contribution >= 0.6 is 11.8 Å². The fourth-order valence-corrected chi connectivity index (χ4v) is 2.98. The summed E-state index contributed by atoms with van der Waals surface area (Å²) in [7, 11) is 3.16. The van der Waals surface area contributed by atoms with E-state index in [-0.39, 0.29) is 11.7 Å². The molecule has 0 aliphatic carbocycles. The molecule has 6 heteroatoms. The normalized spacial score (nSPS) is 10.3. The lowest BCUT2D eigenvalue weighted by molar-refractivity contribution is -0.120. The Labute approximate surface area is 145 Å². The molecule has 0 radical (unpaired) electrons. The number of amides is 1. The Morgan fingerprint density at radius 2 is 1.96 bits per heavy atom. The van der Waals surface area contributed by atoms with Crippen LogP contribution in [0, 0.1) is 5.82 Å². The van der Waals surface area contributed by atoms with Crippen molar-refractivity contribution in [1.82, 2.24) is 5.32 Å². The highest BCUT2D eigenvalue weighted by Gasteiger charge is 2.08. The Bertz CT molecular complexity index is 694. The molecule has 2 aromatic carbocycles. The Morgan fingerprint density at radius 1 is 1.17 bits per heavy atom. The van der Waals surface area contributed by atoms with Crippen LogP contribution in [0.1, 0.15) is 12.0 Å². The molecule has 0 saturated carbocycles. The first-order valence-electron chi connectivity index (χ1n) is 7.49. The second-order valence-electron chi connectivity index (χ2n) is 4.98. The summed E-state index contributed by atoms with van der Waals surface area (Å²) >= 11 is 1.33. The molecule has 2 aromatic rings. The molecule has 24 heavy (non-hydrogen) atoms. The molecule has 1 N–H and O–H groups in total. The molecule has 0 unspecified atom stereocenters. The minimum absolute atomic E-state index is 0.0864. The maximum absolute atomic E-state index is 13.5. The van der Waals surface area contributed by atoms with E-state index in [1.165, 1.54) is 17.8 Å². The molecule has 2 rings (SSSR count). The number of hydrogen-bond acceptors (Lipinski definition) is 4. The van der Waals surface area contributed by atoms with E-state index in [1.807, 2.05) is 12.1 Å². The summed E-state index contributed by atoms with van der Waals surface area (Å²) in [5.74, 6) is 1.54. The summed E-state index contributed by atoms with van der Waals surface area (Å²) < 4.78 is 23.9. The van der Waals surface area contributed by atoms with Gasteiger partial charge in [-0.1, -0.05) is 12.1 Å². The second kappa shape index (κ2) is 9.17. The summed E-state index contributed by atoms with van der Waals surface area (Å²) in [6.45, 7) is 0.371. The van der Waals surface area contributed by atoms with Crippen LogP contribution in [0.4, 0.5) is 4.39 Å². The maximum Gasteiger partial charge on any atom is 0.221 e. The third-order valence-electron chi connectivity index (χ3n) is 3.39. The molecule has 0 aromatic heterocycles. The van der Waals surface area contributed by atoms with Crippen LogP contribution in [0.3, 0.4) is 0 Å². The van der Waals surface area contributed by atoms with Gasteiger partial charge in [-0.3, -0.25) is 4.79 Å². The van der Waals surface area contributed by atoms with Crippen LogP contribution < -0.4 is 14.8 Å². The van der Waals surface area contributed by atoms with Crippen molar-refractivity contribution in [2.75, 3.05) is 20.0 Å². The highest BCUT2D eigenvalue weighted by Crippen LogP contribution is 2.24. The first kappa shape index (κ1) is 18.1. The van der Waals surface area contributed by atoms with Crippen LogP contribution in [-0.4, -0.2) is 25.9 Å². The number of halogens is 1. The van der Waals surface area contributed by atoms with Gasteiger partial charge in [0.25, 0.3) is 0 Å². The standard InChI is InChI=1S/C18H20FNO3S/c1-22-14-8-7-13(16(11-14)23-2)12-20-18(21)9-10-24-17-6-4-3-5-15(17)19/h3-8,11H,9-10,12H2,1-2H3,(H,20,21). The Morgan fingerprint density at radius 3 is 2.67 bits per heavy atom. The molecule has 0 bridgehead atoms. The summed E-state index contributed by atoms with van der Waals surface area (Å²) in [5.41, 5.74) is 0.869. The fraction of sp³-hybridized carbons (Fsp3) is 0.278. The molecule has 4 nitrogen and oxygen atoms in total. The van der Waals surface area contributed by atoms with Crippen molar-refractivity contribution in [3.05, 3.63) is 53.8 Å². The van der Waals surface area contributed by atoms with Crippen molar-refractivity contribution in [2.24, 2.45) is 0 Å². The molecule has 0 atom stereocenters. The van der Waals surface area contributed by atoms with E-state index in [9.17, 15) is 9.18 Å². The van der Waals surface area contributed by atoms with Gasteiger partial charge in [0.05, 0.1) is 14.2 Å². The summed E-state index contributed by atoms with van der Waals surface area (Å²) in [6.07, 6.45) is 0.317. The van der Waals surface area contributed by atoms with Crippen molar-refractivity contribution in [2.45, 2.75) is 17.9 Å². The minimum atomic E-state index is -0.258. The second-order valence-corrected chi connectivity index (χ2v) is 6.12. The quantitative estimate of drug-likeness (QED) is 0.739. The van der Waals surface area contributed by atoms with Crippen molar-refractivity contribution in [1.29, 1.82) is 0 Å². The molecule has 0 fully saturated rings. The summed E-state index contributed by atoms with van der Waals surface area (Å²) in [6, 6.07) is 12.0. The van der Waals surface area contributed by atoms with E-state index < -0.39 is 0 Å². The zero-order chi connectivity index (χ0) is 17.4. The lowest BCUT2D eigenvalue weighted by Crippen LogP contribution is -2.23. The van der Waals surface area contributed by atoms with E-state index in [0.29, 0.717) is 35.1 Å². The zero-order valence-corrected chi connectivity index (χ0v) is 14.5. The highest BCUT2D eigenvalue weighted by atomic mass is 32.2. The number of ether oxygens (including phenoxy) is 2. The topological polar surface area (TPSA) is 47.6 Å². The summed E-state index contributed by atoms with van der Waals surface area (Å²) in [5, 5.41) is 2.85. The van der Waals surface area contributed by atoms with E-state index in [2.05, 4.69) is 5.32 Å². The number of methoxy groups -OCH3 is 2. The molecular formula is C18H20FNO3S. The number of benzene rings is 2. The van der Waals surface area contributed by atoms with Gasteiger partial charge in [-0.15, -0.1) is 11.8 Å². The number of rotatable bonds is 8. The van der Waals surface area contributed by atoms with Crippen molar-refractivity contribution >= 4 is 17.7 Å². The predicted octanol–water partition coefficient (Wildman–Crippen LogP) is 3.64. The third-order valence-corrected chi connectivity index (χ3v) is 4.44. The van der Waals surface area contributed by atoms with E-state index in [1.54, 1.807) is 38.5 Å². The number of nitrogens with one attached hydrogen (secondary N) is 1. The van der Waals surface area contributed by atoms with Gasteiger partial charge in [0.1, 0.15) is 17.3 Å². The molecule has 0 saturated heterocycles. The Hall–Kier alpha value is -2.21. The summed E-state index contributed by atoms with van der Waals surface area (Å²) in [4.78, 5) is 12.5. The van der Waals surface area contributed by atoms with Gasteiger partial charge in [0.2, 0.25) is 5.91 Å². The maximum atomic E-state index is 13.5. The van der Waals surface area contributed by atoms with Crippen LogP contribution in [0.15, 0.2) is 47.4 Å². The lowest BCUT2D eigenvalue weighted by atomic mass is 10.2. The molecule has 128 valence electrons. The van der Waals surface area contributed by atoms with E-state index in [0.717, 1.165) is 5.56 Å². The van der Waals surface area contributed by atoms with Crippen LogP contribution in [0.5, 0.6) is 11.5 Å². The number of carbonyl (C=O) groups excluding carboxylic acids is 1. The van der Waals surface area contributed by atoms with Crippen LogP contribution in [0.25, 0.3) is 0 Å². The SMILES string of the molecule is COc1ccc(CNC(=O)CCSc2ccccc2F)c(OC)c1. The molecule has 0 spiro atoms. The van der Waals surface area contributed by atoms with Gasteiger partial charge in [0.15, 0.2) is 0 Å². The van der Waals surface area contributed by atoms with Crippen molar-refractivity contribution in [3.63, 3.8) is 0 Å². The van der Waals surface area contributed by atoms with E-state index >= 15 is 0 Å². The fourth-order valence-electron chi connectivity index (χ4n) is 2.10. The van der Waals surface area contributed by atoms with Crippen LogP contribution in [-0.2, 0) is 11.3 Å². The minimum Gasteiger partial charge on any atom is -0.497 e. The van der Waals surface area contributed by atoms with Gasteiger partial charge in [-0.2, -0.15) is 0 Å². The number of carbonyl (C=O) groups is 1. The van der Waals surface area contributed by atoms with Gasteiger partial charge in [0, 0.05) is 35.2 Å². The van der Waals surface area contributed by atoms with E-state index in [4.69, 9.17) is 9.47 Å². The smallest absolute Gasteiger partial charge is 0.221 e. The highest BCUT2D eigenvalue weighted by molar-refractivity contribution is 7.99. The van der Waals surface area contributed by atoms with Gasteiger partial charge in [-0.05, 0) is 24.3 Å². The average Bonchev–Trinajstić information content (AvgIpc) is 2.61. The Kier molecular flexibility index (Phi) is 6.93. The lowest BCUT2D eigenvalue weighted by Gasteiger charge is -2.11. The largest absolute Gasteiger partial charge is 0.497 e. The predicted molar refractivity (Wildman–Crippen MR) is 93.1 cm³/mol. The molecule has 0 aliphatic heterocycles. The first-order valence-corrected chi connectivity index (χ1v) is 8.47. The molecule has 0 aliphatic rings. The van der Waals surface area contributed by atoms with Gasteiger partial charge in [-0.25, -0.2) is 4.39 Å². The monoisotopic (exact) mass is 349 g/mol. The number of hydrogen-bond donors (Lipinski definition) is 1. The molecule has 1 amide bonds. The van der Waals surface area contributed by atoms with Crippen molar-refractivity contribution < 1.29 is 18.7 Å². The first-order chi connectivity index (χ1) is 11.6. The zero-order valence-electron chi connectivity index (χ0n) is 13.7. The average molecular weight is 349 g/mol. The number of thioether (sulfide) groups is 1. The molecular weight excluding hydrogens is 329 g/mol. The van der Waals surface area contributed by atoms with Crippen LogP contribution in [0.2, 0.25) is 0 Å².